The summed E-state index contributed by atoms with van der Waals surface area (Å²) < 4.78 is 1.82. The van der Waals surface area contributed by atoms with Crippen molar-refractivity contribution in [3.8, 4) is 0 Å². The van der Waals surface area contributed by atoms with Crippen LogP contribution in [0.15, 0.2) is 18.5 Å². The number of aromatic nitrogens is 5. The molecule has 0 bridgehead atoms. The highest BCUT2D eigenvalue weighted by Gasteiger charge is 2.12. The Morgan fingerprint density at radius 3 is 2.94 bits per heavy atom. The van der Waals surface area contributed by atoms with Crippen molar-refractivity contribution in [3.63, 3.8) is 0 Å². The van der Waals surface area contributed by atoms with Gasteiger partial charge in [-0.15, -0.1) is 0 Å². The lowest BCUT2D eigenvalue weighted by atomic mass is 10.2. The molecule has 0 spiro atoms. The molecular weight excluding hydrogens is 206 g/mol. The molecule has 84 valence electrons. The monoisotopic (exact) mass is 219 g/mol. The fourth-order valence-electron chi connectivity index (χ4n) is 1.35. The van der Waals surface area contributed by atoms with Crippen LogP contribution in [0.1, 0.15) is 36.1 Å². The van der Waals surface area contributed by atoms with Crippen molar-refractivity contribution in [3.05, 3.63) is 29.8 Å². The van der Waals surface area contributed by atoms with E-state index in [2.05, 4.69) is 20.5 Å². The number of H-pyrrole nitrogens is 1. The molecule has 0 aromatic carbocycles. The molecule has 2 aromatic rings. The lowest BCUT2D eigenvalue weighted by Gasteiger charge is -2.03. The van der Waals surface area contributed by atoms with Gasteiger partial charge in [0.05, 0.1) is 18.3 Å². The predicted molar refractivity (Wildman–Crippen MR) is 57.0 cm³/mol. The van der Waals surface area contributed by atoms with E-state index < -0.39 is 0 Å². The lowest BCUT2D eigenvalue weighted by molar-refractivity contribution is 0.0987. The average Bonchev–Trinajstić information content (AvgIpc) is 2.87. The first kappa shape index (κ1) is 10.5. The molecule has 0 saturated heterocycles. The van der Waals surface area contributed by atoms with E-state index in [1.807, 2.05) is 30.8 Å². The first-order chi connectivity index (χ1) is 7.66. The Morgan fingerprint density at radius 2 is 2.38 bits per heavy atom. The van der Waals surface area contributed by atoms with Crippen LogP contribution in [-0.4, -0.2) is 31.0 Å². The van der Waals surface area contributed by atoms with Gasteiger partial charge in [-0.05, 0) is 19.9 Å². The van der Waals surface area contributed by atoms with Gasteiger partial charge in [-0.3, -0.25) is 9.48 Å². The number of carbonyl (C=O) groups excluding carboxylic acids is 1. The van der Waals surface area contributed by atoms with Crippen LogP contribution in [-0.2, 0) is 6.42 Å². The maximum atomic E-state index is 11.7. The first-order valence-electron chi connectivity index (χ1n) is 5.10. The quantitative estimate of drug-likeness (QED) is 0.778. The van der Waals surface area contributed by atoms with Gasteiger partial charge in [0.1, 0.15) is 5.69 Å². The molecule has 2 aromatic heterocycles. The minimum absolute atomic E-state index is 0.0808. The zero-order valence-electron chi connectivity index (χ0n) is 9.21. The van der Waals surface area contributed by atoms with Crippen LogP contribution >= 0.6 is 0 Å². The third-order valence-corrected chi connectivity index (χ3v) is 2.24. The standard InChI is InChI=1S/C10H13N5O/c1-7(2)15-4-3-8(13-15)5-10(16)9-6-11-14-12-9/h3-4,6-7H,5H2,1-2H3,(H,11,12,14). The number of nitrogens with zero attached hydrogens (tertiary/aromatic N) is 4. The first-order valence-corrected chi connectivity index (χ1v) is 5.10. The van der Waals surface area contributed by atoms with Crippen LogP contribution in [0.5, 0.6) is 0 Å². The summed E-state index contributed by atoms with van der Waals surface area (Å²) >= 11 is 0. The largest absolute Gasteiger partial charge is 0.292 e. The fourth-order valence-corrected chi connectivity index (χ4v) is 1.35. The normalized spacial score (nSPS) is 10.9. The molecule has 2 rings (SSSR count). The van der Waals surface area contributed by atoms with E-state index in [0.717, 1.165) is 5.69 Å². The second kappa shape index (κ2) is 4.26. The molecular formula is C10H13N5O. The van der Waals surface area contributed by atoms with Crippen LogP contribution in [0.2, 0.25) is 0 Å². The molecule has 0 fully saturated rings. The number of carbonyl (C=O) groups is 1. The molecule has 2 heterocycles. The van der Waals surface area contributed by atoms with E-state index in [9.17, 15) is 4.79 Å². The summed E-state index contributed by atoms with van der Waals surface area (Å²) in [6, 6.07) is 2.15. The van der Waals surface area contributed by atoms with E-state index in [0.29, 0.717) is 11.7 Å². The number of hydrogen-bond donors (Lipinski definition) is 1. The average molecular weight is 219 g/mol. The third kappa shape index (κ3) is 2.16. The molecule has 6 nitrogen and oxygen atoms in total. The van der Waals surface area contributed by atoms with Crippen LogP contribution in [0.3, 0.4) is 0 Å². The summed E-state index contributed by atoms with van der Waals surface area (Å²) in [7, 11) is 0. The Balaban J connectivity index is 2.07. The second-order valence-electron chi connectivity index (χ2n) is 3.84. The minimum Gasteiger partial charge on any atom is -0.292 e. The summed E-state index contributed by atoms with van der Waals surface area (Å²) in [5, 5.41) is 14.0. The van der Waals surface area contributed by atoms with E-state index in [1.54, 1.807) is 0 Å². The van der Waals surface area contributed by atoms with Gasteiger partial charge in [0.2, 0.25) is 0 Å². The van der Waals surface area contributed by atoms with Crippen molar-refractivity contribution >= 4 is 5.78 Å². The molecule has 0 aliphatic carbocycles. The third-order valence-electron chi connectivity index (χ3n) is 2.24. The van der Waals surface area contributed by atoms with Gasteiger partial charge in [-0.1, -0.05) is 0 Å². The molecule has 0 radical (unpaired) electrons. The van der Waals surface area contributed by atoms with Crippen LogP contribution in [0.25, 0.3) is 0 Å². The molecule has 0 unspecified atom stereocenters. The number of hydrogen-bond acceptors (Lipinski definition) is 4. The zero-order chi connectivity index (χ0) is 11.5. The fraction of sp³-hybridized carbons (Fsp3) is 0.400. The van der Waals surface area contributed by atoms with Gasteiger partial charge >= 0.3 is 0 Å². The van der Waals surface area contributed by atoms with Gasteiger partial charge in [-0.2, -0.15) is 20.5 Å². The van der Waals surface area contributed by atoms with Crippen LogP contribution in [0, 0.1) is 0 Å². The Hall–Kier alpha value is -1.98. The molecule has 0 atom stereocenters. The number of rotatable bonds is 4. The summed E-state index contributed by atoms with van der Waals surface area (Å²) in [4.78, 5) is 11.7. The Morgan fingerprint density at radius 1 is 1.56 bits per heavy atom. The SMILES string of the molecule is CC(C)n1ccc(CC(=O)c2cn[nH]n2)n1. The van der Waals surface area contributed by atoms with E-state index >= 15 is 0 Å². The number of nitrogens with one attached hydrogen (secondary N) is 1. The van der Waals surface area contributed by atoms with Crippen molar-refractivity contribution in [2.45, 2.75) is 26.3 Å². The van der Waals surface area contributed by atoms with Gasteiger partial charge in [-0.25, -0.2) is 0 Å². The second-order valence-corrected chi connectivity index (χ2v) is 3.84. The highest BCUT2D eigenvalue weighted by molar-refractivity contribution is 5.95. The minimum atomic E-state index is -0.0808. The Bertz CT molecular complexity index is 471. The van der Waals surface area contributed by atoms with Crippen molar-refractivity contribution < 1.29 is 4.79 Å². The highest BCUT2D eigenvalue weighted by Crippen LogP contribution is 2.06. The Labute approximate surface area is 92.7 Å². The lowest BCUT2D eigenvalue weighted by Crippen LogP contribution is -2.07. The number of aromatic amines is 1. The van der Waals surface area contributed by atoms with Crippen LogP contribution < -0.4 is 0 Å². The number of ketones is 1. The molecule has 16 heavy (non-hydrogen) atoms. The summed E-state index contributed by atoms with van der Waals surface area (Å²) in [6.07, 6.45) is 3.55. The zero-order valence-corrected chi connectivity index (χ0v) is 9.21. The van der Waals surface area contributed by atoms with Gasteiger partial charge < -0.3 is 0 Å². The van der Waals surface area contributed by atoms with Crippen molar-refractivity contribution in [1.82, 2.24) is 25.2 Å². The van der Waals surface area contributed by atoms with E-state index in [-0.39, 0.29) is 12.2 Å². The topological polar surface area (TPSA) is 76.5 Å². The van der Waals surface area contributed by atoms with Crippen molar-refractivity contribution in [2.75, 3.05) is 0 Å². The molecule has 0 saturated carbocycles. The van der Waals surface area contributed by atoms with Gasteiger partial charge in [0.25, 0.3) is 0 Å². The van der Waals surface area contributed by atoms with Crippen LogP contribution in [0.4, 0.5) is 0 Å². The maximum absolute atomic E-state index is 11.7. The smallest absolute Gasteiger partial charge is 0.190 e. The Kier molecular flexibility index (Phi) is 2.80. The predicted octanol–water partition coefficient (Wildman–Crippen LogP) is 1.01. The molecule has 0 amide bonds. The van der Waals surface area contributed by atoms with Gasteiger partial charge in [0.15, 0.2) is 5.78 Å². The maximum Gasteiger partial charge on any atom is 0.190 e. The summed E-state index contributed by atoms with van der Waals surface area (Å²) in [5.41, 5.74) is 1.10. The van der Waals surface area contributed by atoms with Crippen molar-refractivity contribution in [2.24, 2.45) is 0 Å². The van der Waals surface area contributed by atoms with E-state index in [1.165, 1.54) is 6.20 Å². The van der Waals surface area contributed by atoms with Gasteiger partial charge in [0, 0.05) is 12.2 Å². The summed E-state index contributed by atoms with van der Waals surface area (Å²) in [6.45, 7) is 4.08. The number of Topliss-reactive ketones (excluding diaryl/α,β-unsaturated/α-hetero) is 1. The molecule has 0 aliphatic rings. The molecule has 1 N–H and O–H groups in total. The van der Waals surface area contributed by atoms with Crippen molar-refractivity contribution in [1.29, 1.82) is 0 Å². The van der Waals surface area contributed by atoms with E-state index in [4.69, 9.17) is 0 Å². The highest BCUT2D eigenvalue weighted by atomic mass is 16.1. The molecule has 6 heteroatoms. The molecule has 0 aliphatic heterocycles. The summed E-state index contributed by atoms with van der Waals surface area (Å²) in [5.74, 6) is -0.0808.